The first-order chi connectivity index (χ1) is 14.7. The fourth-order valence-electron chi connectivity index (χ4n) is 2.75. The van der Waals surface area contributed by atoms with E-state index in [1.54, 1.807) is 19.1 Å². The van der Waals surface area contributed by atoms with Crippen molar-refractivity contribution in [2.75, 3.05) is 11.9 Å². The number of halogens is 2. The van der Waals surface area contributed by atoms with Crippen LogP contribution in [0.5, 0.6) is 5.75 Å². The van der Waals surface area contributed by atoms with Crippen molar-refractivity contribution in [3.05, 3.63) is 88.4 Å². The number of amides is 1. The zero-order valence-corrected chi connectivity index (χ0v) is 18.8. The molecule has 3 aromatic rings. The molecule has 0 unspecified atom stereocenters. The lowest BCUT2D eigenvalue weighted by Gasteiger charge is -2.15. The van der Waals surface area contributed by atoms with Gasteiger partial charge in [0, 0.05) is 11.1 Å². The summed E-state index contributed by atoms with van der Waals surface area (Å²) in [6.07, 6.45) is 0. The maximum absolute atomic E-state index is 12.6. The fraction of sp³-hybridized carbons (Fsp3) is 0.136. The van der Waals surface area contributed by atoms with E-state index in [2.05, 4.69) is 10.0 Å². The topological polar surface area (TPSA) is 84.5 Å². The standard InChI is InChI=1S/C22H20Cl2N2O4S/c1-15(16-5-3-2-4-6-16)26-31(28,29)19-10-8-18(9-11-19)30-14-22(27)25-21-13-17(23)7-12-20(21)24/h2-13,15,26H,14H2,1H3,(H,25,27)/t15-/m1/s1. The van der Waals surface area contributed by atoms with Gasteiger partial charge in [-0.25, -0.2) is 13.1 Å². The molecule has 0 aromatic heterocycles. The van der Waals surface area contributed by atoms with Gasteiger partial charge < -0.3 is 10.1 Å². The Balaban J connectivity index is 1.58. The van der Waals surface area contributed by atoms with Gasteiger partial charge in [-0.3, -0.25) is 4.79 Å². The first kappa shape index (κ1) is 23.1. The number of carbonyl (C=O) groups excluding carboxylic acids is 1. The lowest BCUT2D eigenvalue weighted by molar-refractivity contribution is -0.118. The molecule has 0 aliphatic heterocycles. The third-order valence-corrected chi connectivity index (χ3v) is 6.46. The minimum absolute atomic E-state index is 0.0952. The van der Waals surface area contributed by atoms with Gasteiger partial charge in [0.1, 0.15) is 5.75 Å². The summed E-state index contributed by atoms with van der Waals surface area (Å²) < 4.78 is 33.3. The number of nitrogens with one attached hydrogen (secondary N) is 2. The van der Waals surface area contributed by atoms with Crippen molar-refractivity contribution >= 4 is 44.8 Å². The van der Waals surface area contributed by atoms with E-state index in [9.17, 15) is 13.2 Å². The third-order valence-electron chi connectivity index (χ3n) is 4.34. The maximum Gasteiger partial charge on any atom is 0.262 e. The monoisotopic (exact) mass is 478 g/mol. The Bertz CT molecular complexity index is 1150. The van der Waals surface area contributed by atoms with Crippen LogP contribution >= 0.6 is 23.2 Å². The smallest absolute Gasteiger partial charge is 0.262 e. The van der Waals surface area contributed by atoms with Crippen LogP contribution in [-0.4, -0.2) is 20.9 Å². The summed E-state index contributed by atoms with van der Waals surface area (Å²) in [7, 11) is -3.72. The molecule has 1 amide bonds. The van der Waals surface area contributed by atoms with Crippen LogP contribution in [0.2, 0.25) is 10.0 Å². The number of anilines is 1. The Morgan fingerprint density at radius 3 is 2.35 bits per heavy atom. The van der Waals surface area contributed by atoms with E-state index in [4.69, 9.17) is 27.9 Å². The molecule has 0 saturated carbocycles. The molecule has 0 saturated heterocycles. The minimum Gasteiger partial charge on any atom is -0.484 e. The van der Waals surface area contributed by atoms with Crippen LogP contribution in [0.25, 0.3) is 0 Å². The van der Waals surface area contributed by atoms with E-state index in [1.807, 2.05) is 30.3 Å². The average molecular weight is 479 g/mol. The minimum atomic E-state index is -3.72. The number of carbonyl (C=O) groups is 1. The Labute approximate surface area is 191 Å². The Hall–Kier alpha value is -2.58. The summed E-state index contributed by atoms with van der Waals surface area (Å²) in [6.45, 7) is 1.49. The summed E-state index contributed by atoms with van der Waals surface area (Å²) >= 11 is 11.9. The summed E-state index contributed by atoms with van der Waals surface area (Å²) in [4.78, 5) is 12.2. The molecule has 3 aromatic carbocycles. The van der Waals surface area contributed by atoms with Gasteiger partial charge in [-0.2, -0.15) is 0 Å². The number of hydrogen-bond acceptors (Lipinski definition) is 4. The van der Waals surface area contributed by atoms with Crippen LogP contribution in [-0.2, 0) is 14.8 Å². The lowest BCUT2D eigenvalue weighted by Crippen LogP contribution is -2.26. The first-order valence-electron chi connectivity index (χ1n) is 9.29. The van der Waals surface area contributed by atoms with E-state index in [0.717, 1.165) is 5.56 Å². The highest BCUT2D eigenvalue weighted by Gasteiger charge is 2.18. The van der Waals surface area contributed by atoms with Gasteiger partial charge in [0.25, 0.3) is 5.91 Å². The summed E-state index contributed by atoms with van der Waals surface area (Å²) in [5.74, 6) is -0.0818. The Kier molecular flexibility index (Phi) is 7.56. The molecule has 6 nitrogen and oxygen atoms in total. The molecular formula is C22H20Cl2N2O4S. The van der Waals surface area contributed by atoms with Gasteiger partial charge in [0.15, 0.2) is 6.61 Å². The predicted octanol–water partition coefficient (Wildman–Crippen LogP) is 5.05. The highest BCUT2D eigenvalue weighted by atomic mass is 35.5. The molecule has 0 bridgehead atoms. The number of rotatable bonds is 8. The number of ether oxygens (including phenoxy) is 1. The van der Waals surface area contributed by atoms with Crippen molar-refractivity contribution in [2.24, 2.45) is 0 Å². The van der Waals surface area contributed by atoms with Crippen LogP contribution in [0.3, 0.4) is 0 Å². The molecule has 0 spiro atoms. The predicted molar refractivity (Wildman–Crippen MR) is 122 cm³/mol. The third kappa shape index (κ3) is 6.45. The summed E-state index contributed by atoms with van der Waals surface area (Å²) in [6, 6.07) is 19.4. The highest BCUT2D eigenvalue weighted by Crippen LogP contribution is 2.25. The quantitative estimate of drug-likeness (QED) is 0.474. The average Bonchev–Trinajstić information content (AvgIpc) is 2.75. The van der Waals surface area contributed by atoms with E-state index in [-0.39, 0.29) is 17.5 Å². The van der Waals surface area contributed by atoms with Gasteiger partial charge in [0.2, 0.25) is 10.0 Å². The molecule has 9 heteroatoms. The Morgan fingerprint density at radius 1 is 1.00 bits per heavy atom. The lowest BCUT2D eigenvalue weighted by atomic mass is 10.1. The van der Waals surface area contributed by atoms with Crippen molar-refractivity contribution in [3.63, 3.8) is 0 Å². The van der Waals surface area contributed by atoms with Gasteiger partial charge in [-0.1, -0.05) is 53.5 Å². The molecule has 162 valence electrons. The van der Waals surface area contributed by atoms with Crippen LogP contribution < -0.4 is 14.8 Å². The van der Waals surface area contributed by atoms with E-state index < -0.39 is 15.9 Å². The fourth-order valence-corrected chi connectivity index (χ4v) is 4.32. The van der Waals surface area contributed by atoms with E-state index >= 15 is 0 Å². The number of hydrogen-bond donors (Lipinski definition) is 2. The molecule has 2 N–H and O–H groups in total. The van der Waals surface area contributed by atoms with Crippen LogP contribution in [0.15, 0.2) is 77.7 Å². The molecule has 1 atom stereocenters. The molecule has 3 rings (SSSR count). The summed E-state index contributed by atoms with van der Waals surface area (Å²) in [5, 5.41) is 3.40. The van der Waals surface area contributed by atoms with Crippen molar-refractivity contribution in [3.8, 4) is 5.75 Å². The second-order valence-corrected chi connectivity index (χ2v) is 9.24. The number of sulfonamides is 1. The second kappa shape index (κ2) is 10.2. The van der Waals surface area contributed by atoms with Crippen molar-refractivity contribution in [1.82, 2.24) is 4.72 Å². The van der Waals surface area contributed by atoms with Crippen LogP contribution in [0.1, 0.15) is 18.5 Å². The first-order valence-corrected chi connectivity index (χ1v) is 11.5. The summed E-state index contributed by atoms with van der Waals surface area (Å²) in [5.41, 5.74) is 1.24. The highest BCUT2D eigenvalue weighted by molar-refractivity contribution is 7.89. The molecule has 31 heavy (non-hydrogen) atoms. The van der Waals surface area contributed by atoms with Gasteiger partial charge in [-0.05, 0) is 55.0 Å². The molecular weight excluding hydrogens is 459 g/mol. The maximum atomic E-state index is 12.6. The molecule has 0 fully saturated rings. The van der Waals surface area contributed by atoms with Gasteiger partial charge in [-0.15, -0.1) is 0 Å². The van der Waals surface area contributed by atoms with Crippen molar-refractivity contribution in [2.45, 2.75) is 17.9 Å². The Morgan fingerprint density at radius 2 is 1.68 bits per heavy atom. The van der Waals surface area contributed by atoms with E-state index in [1.165, 1.54) is 30.3 Å². The SMILES string of the molecule is C[C@@H](NS(=O)(=O)c1ccc(OCC(=O)Nc2cc(Cl)ccc2Cl)cc1)c1ccccc1. The van der Waals surface area contributed by atoms with Gasteiger partial charge >= 0.3 is 0 Å². The molecule has 0 aliphatic carbocycles. The second-order valence-electron chi connectivity index (χ2n) is 6.69. The van der Waals surface area contributed by atoms with Crippen LogP contribution in [0, 0.1) is 0 Å². The zero-order valence-electron chi connectivity index (χ0n) is 16.5. The van der Waals surface area contributed by atoms with Crippen molar-refractivity contribution in [1.29, 1.82) is 0 Å². The number of benzene rings is 3. The largest absolute Gasteiger partial charge is 0.484 e. The van der Waals surface area contributed by atoms with Gasteiger partial charge in [0.05, 0.1) is 15.6 Å². The van der Waals surface area contributed by atoms with Crippen LogP contribution in [0.4, 0.5) is 5.69 Å². The van der Waals surface area contributed by atoms with Crippen molar-refractivity contribution < 1.29 is 17.9 Å². The van der Waals surface area contributed by atoms with E-state index in [0.29, 0.717) is 21.5 Å². The molecule has 0 heterocycles. The molecule has 0 radical (unpaired) electrons. The normalized spacial score (nSPS) is 12.2. The zero-order chi connectivity index (χ0) is 22.4. The molecule has 0 aliphatic rings.